The van der Waals surface area contributed by atoms with Gasteiger partial charge in [0, 0.05) is 16.5 Å². The Bertz CT molecular complexity index is 379. The molecule has 2 heteroatoms. The normalized spacial score (nSPS) is 12.4. The van der Waals surface area contributed by atoms with E-state index in [0.29, 0.717) is 5.92 Å². The molecule has 19 heavy (non-hydrogen) atoms. The van der Waals surface area contributed by atoms with E-state index in [9.17, 15) is 0 Å². The SMILES string of the molecule is C=C(C)C(CC(C)(C)NC)c1ccc(Cl)cc1.CC. The third-order valence-corrected chi connectivity index (χ3v) is 3.51. The molecule has 108 valence electrons. The van der Waals surface area contributed by atoms with Crippen LogP contribution in [0.4, 0.5) is 0 Å². The quantitative estimate of drug-likeness (QED) is 0.711. The van der Waals surface area contributed by atoms with Crippen molar-refractivity contribution in [1.29, 1.82) is 0 Å². The van der Waals surface area contributed by atoms with Gasteiger partial charge in [-0.1, -0.05) is 49.7 Å². The van der Waals surface area contributed by atoms with Crippen molar-refractivity contribution in [3.63, 3.8) is 0 Å². The molecule has 0 fully saturated rings. The van der Waals surface area contributed by atoms with Gasteiger partial charge in [-0.15, -0.1) is 0 Å². The fourth-order valence-electron chi connectivity index (χ4n) is 1.88. The molecular weight excluding hydrogens is 254 g/mol. The highest BCUT2D eigenvalue weighted by Crippen LogP contribution is 2.31. The van der Waals surface area contributed by atoms with Crippen LogP contribution in [0.2, 0.25) is 5.02 Å². The fraction of sp³-hybridized carbons (Fsp3) is 0.529. The zero-order valence-electron chi connectivity index (χ0n) is 13.2. The predicted octanol–water partition coefficient (Wildman–Crippen LogP) is 5.41. The number of benzene rings is 1. The van der Waals surface area contributed by atoms with E-state index < -0.39 is 0 Å². The summed E-state index contributed by atoms with van der Waals surface area (Å²) in [6.07, 6.45) is 1.03. The van der Waals surface area contributed by atoms with E-state index in [1.807, 2.05) is 33.0 Å². The van der Waals surface area contributed by atoms with E-state index >= 15 is 0 Å². The highest BCUT2D eigenvalue weighted by molar-refractivity contribution is 6.30. The maximum absolute atomic E-state index is 5.92. The maximum Gasteiger partial charge on any atom is 0.0406 e. The van der Waals surface area contributed by atoms with Gasteiger partial charge in [-0.2, -0.15) is 0 Å². The van der Waals surface area contributed by atoms with Crippen LogP contribution in [0.3, 0.4) is 0 Å². The van der Waals surface area contributed by atoms with Crippen molar-refractivity contribution >= 4 is 11.6 Å². The molecule has 0 aliphatic heterocycles. The average Bonchev–Trinajstić information content (AvgIpc) is 2.39. The molecule has 0 saturated carbocycles. The average molecular weight is 282 g/mol. The maximum atomic E-state index is 5.92. The second kappa shape index (κ2) is 8.39. The van der Waals surface area contributed by atoms with E-state index in [1.165, 1.54) is 11.1 Å². The number of hydrogen-bond donors (Lipinski definition) is 1. The van der Waals surface area contributed by atoms with Gasteiger partial charge in [-0.3, -0.25) is 0 Å². The molecule has 0 aliphatic rings. The third kappa shape index (κ3) is 6.26. The van der Waals surface area contributed by atoms with E-state index in [4.69, 9.17) is 11.6 Å². The molecule has 1 rings (SSSR count). The zero-order valence-corrected chi connectivity index (χ0v) is 13.9. The van der Waals surface area contributed by atoms with Gasteiger partial charge in [0.05, 0.1) is 0 Å². The Morgan fingerprint density at radius 3 is 2.11 bits per heavy atom. The van der Waals surface area contributed by atoms with Gasteiger partial charge in [0.1, 0.15) is 0 Å². The number of halogens is 1. The van der Waals surface area contributed by atoms with Crippen molar-refractivity contribution in [3.05, 3.63) is 47.0 Å². The lowest BCUT2D eigenvalue weighted by Crippen LogP contribution is -2.37. The standard InChI is InChI=1S/C15H22ClN.C2H6/c1-11(2)14(10-15(3,4)17-5)12-6-8-13(16)9-7-12;1-2/h6-9,14,17H,1,10H2,2-5H3;1-2H3. The van der Waals surface area contributed by atoms with E-state index in [0.717, 1.165) is 11.4 Å². The first-order valence-electron chi connectivity index (χ1n) is 6.95. The minimum Gasteiger partial charge on any atom is -0.315 e. The smallest absolute Gasteiger partial charge is 0.0406 e. The summed E-state index contributed by atoms with van der Waals surface area (Å²) in [4.78, 5) is 0. The van der Waals surface area contributed by atoms with Crippen LogP contribution in [0.5, 0.6) is 0 Å². The molecule has 0 radical (unpaired) electrons. The molecule has 1 aromatic rings. The highest BCUT2D eigenvalue weighted by atomic mass is 35.5. The largest absolute Gasteiger partial charge is 0.315 e. The second-order valence-electron chi connectivity index (χ2n) is 5.29. The molecule has 1 atom stereocenters. The van der Waals surface area contributed by atoms with Crippen LogP contribution in [-0.4, -0.2) is 12.6 Å². The van der Waals surface area contributed by atoms with Crippen molar-refractivity contribution < 1.29 is 0 Å². The van der Waals surface area contributed by atoms with Crippen molar-refractivity contribution in [2.24, 2.45) is 0 Å². The highest BCUT2D eigenvalue weighted by Gasteiger charge is 2.23. The van der Waals surface area contributed by atoms with Crippen molar-refractivity contribution in [2.75, 3.05) is 7.05 Å². The Hall–Kier alpha value is -0.790. The van der Waals surface area contributed by atoms with Gasteiger partial charge in [0.25, 0.3) is 0 Å². The lowest BCUT2D eigenvalue weighted by atomic mass is 9.82. The molecule has 1 unspecified atom stereocenters. The molecular formula is C17H28ClN. The van der Waals surface area contributed by atoms with Crippen LogP contribution < -0.4 is 5.32 Å². The molecule has 1 N–H and O–H groups in total. The van der Waals surface area contributed by atoms with Crippen LogP contribution in [0.25, 0.3) is 0 Å². The van der Waals surface area contributed by atoms with Crippen LogP contribution in [0.15, 0.2) is 36.4 Å². The van der Waals surface area contributed by atoms with Crippen molar-refractivity contribution in [2.45, 2.75) is 52.5 Å². The van der Waals surface area contributed by atoms with E-state index in [-0.39, 0.29) is 5.54 Å². The van der Waals surface area contributed by atoms with E-state index in [1.54, 1.807) is 0 Å². The molecule has 0 bridgehead atoms. The first kappa shape index (κ1) is 18.2. The summed E-state index contributed by atoms with van der Waals surface area (Å²) in [5.74, 6) is 0.370. The predicted molar refractivity (Wildman–Crippen MR) is 88.1 cm³/mol. The van der Waals surface area contributed by atoms with Crippen LogP contribution in [-0.2, 0) is 0 Å². The number of allylic oxidation sites excluding steroid dienone is 1. The van der Waals surface area contributed by atoms with Crippen molar-refractivity contribution in [1.82, 2.24) is 5.32 Å². The lowest BCUT2D eigenvalue weighted by Gasteiger charge is -2.30. The van der Waals surface area contributed by atoms with Gasteiger partial charge in [-0.05, 0) is 51.9 Å². The first-order valence-corrected chi connectivity index (χ1v) is 7.33. The van der Waals surface area contributed by atoms with Gasteiger partial charge >= 0.3 is 0 Å². The molecule has 1 aromatic carbocycles. The third-order valence-electron chi connectivity index (χ3n) is 3.26. The Morgan fingerprint density at radius 2 is 1.74 bits per heavy atom. The summed E-state index contributed by atoms with van der Waals surface area (Å²) in [7, 11) is 2.00. The van der Waals surface area contributed by atoms with Gasteiger partial charge in [-0.25, -0.2) is 0 Å². The first-order chi connectivity index (χ1) is 8.85. The summed E-state index contributed by atoms with van der Waals surface area (Å²) in [6, 6.07) is 8.07. The molecule has 0 spiro atoms. The Kier molecular flexibility index (Phi) is 8.05. The summed E-state index contributed by atoms with van der Waals surface area (Å²) >= 11 is 5.92. The van der Waals surface area contributed by atoms with E-state index in [2.05, 4.69) is 44.8 Å². The lowest BCUT2D eigenvalue weighted by molar-refractivity contribution is 0.373. The van der Waals surface area contributed by atoms with Gasteiger partial charge in [0.15, 0.2) is 0 Å². The van der Waals surface area contributed by atoms with Crippen LogP contribution in [0, 0.1) is 0 Å². The summed E-state index contributed by atoms with van der Waals surface area (Å²) in [5.41, 5.74) is 2.57. The Balaban J connectivity index is 0.00000154. The second-order valence-corrected chi connectivity index (χ2v) is 5.72. The molecule has 0 heterocycles. The topological polar surface area (TPSA) is 12.0 Å². The molecule has 1 nitrogen and oxygen atoms in total. The molecule has 0 aliphatic carbocycles. The summed E-state index contributed by atoms with van der Waals surface area (Å²) < 4.78 is 0. The minimum absolute atomic E-state index is 0.100. The monoisotopic (exact) mass is 281 g/mol. The van der Waals surface area contributed by atoms with Crippen LogP contribution in [0.1, 0.15) is 52.5 Å². The fourth-order valence-corrected chi connectivity index (χ4v) is 2.01. The summed E-state index contributed by atoms with van der Waals surface area (Å²) in [6.45, 7) is 14.6. The van der Waals surface area contributed by atoms with Crippen molar-refractivity contribution in [3.8, 4) is 0 Å². The molecule has 0 aromatic heterocycles. The van der Waals surface area contributed by atoms with Gasteiger partial charge in [0.2, 0.25) is 0 Å². The van der Waals surface area contributed by atoms with Crippen LogP contribution >= 0.6 is 11.6 Å². The number of nitrogens with one attached hydrogen (secondary N) is 1. The zero-order chi connectivity index (χ0) is 15.1. The van der Waals surface area contributed by atoms with Gasteiger partial charge < -0.3 is 5.32 Å². The number of rotatable bonds is 5. The number of hydrogen-bond acceptors (Lipinski definition) is 1. The Morgan fingerprint density at radius 1 is 1.26 bits per heavy atom. The molecule has 0 amide bonds. The Labute approximate surface area is 124 Å². The molecule has 0 saturated heterocycles. The summed E-state index contributed by atoms with van der Waals surface area (Å²) in [5, 5.41) is 4.12. The minimum atomic E-state index is 0.100.